The maximum atomic E-state index is 12.3. The SMILES string of the molecule is CCOC(=O)c1ccc(SC(F)(F)F)c(C#N)c1C. The molecular weight excluding hydrogens is 279 g/mol. The van der Waals surface area contributed by atoms with Gasteiger partial charge in [0.2, 0.25) is 0 Å². The van der Waals surface area contributed by atoms with E-state index in [0.717, 1.165) is 6.07 Å². The van der Waals surface area contributed by atoms with Gasteiger partial charge < -0.3 is 4.74 Å². The molecule has 102 valence electrons. The summed E-state index contributed by atoms with van der Waals surface area (Å²) >= 11 is -0.375. The van der Waals surface area contributed by atoms with Gasteiger partial charge in [0.15, 0.2) is 0 Å². The van der Waals surface area contributed by atoms with Crippen molar-refractivity contribution in [1.29, 1.82) is 5.26 Å². The number of carbonyl (C=O) groups is 1. The van der Waals surface area contributed by atoms with Crippen molar-refractivity contribution >= 4 is 17.7 Å². The normalized spacial score (nSPS) is 10.9. The number of esters is 1. The number of halogens is 3. The Bertz CT molecular complexity index is 535. The molecule has 0 saturated heterocycles. The first kappa shape index (κ1) is 15.4. The van der Waals surface area contributed by atoms with E-state index in [9.17, 15) is 18.0 Å². The minimum absolute atomic E-state index is 0.102. The van der Waals surface area contributed by atoms with Crippen LogP contribution in [0, 0.1) is 18.3 Å². The standard InChI is InChI=1S/C12H10F3NO2S/c1-3-18-11(17)8-4-5-10(19-12(13,14)15)9(6-16)7(8)2/h4-5H,3H2,1-2H3. The van der Waals surface area contributed by atoms with Gasteiger partial charge in [0.25, 0.3) is 0 Å². The number of hydrogen-bond acceptors (Lipinski definition) is 4. The molecule has 0 N–H and O–H groups in total. The fraction of sp³-hybridized carbons (Fsp3) is 0.333. The predicted molar refractivity (Wildman–Crippen MR) is 63.8 cm³/mol. The number of alkyl halides is 3. The van der Waals surface area contributed by atoms with Crippen LogP contribution in [0.15, 0.2) is 17.0 Å². The zero-order chi connectivity index (χ0) is 14.6. The Kier molecular flexibility index (Phi) is 4.84. The molecule has 19 heavy (non-hydrogen) atoms. The largest absolute Gasteiger partial charge is 0.462 e. The van der Waals surface area contributed by atoms with E-state index >= 15 is 0 Å². The van der Waals surface area contributed by atoms with Crippen molar-refractivity contribution in [3.05, 3.63) is 28.8 Å². The van der Waals surface area contributed by atoms with Crippen LogP contribution in [0.4, 0.5) is 13.2 Å². The van der Waals surface area contributed by atoms with Gasteiger partial charge in [-0.15, -0.1) is 0 Å². The van der Waals surface area contributed by atoms with Gasteiger partial charge in [-0.1, -0.05) is 0 Å². The first-order valence-corrected chi connectivity index (χ1v) is 6.08. The number of benzene rings is 1. The van der Waals surface area contributed by atoms with Crippen LogP contribution in [-0.2, 0) is 4.74 Å². The van der Waals surface area contributed by atoms with Crippen molar-refractivity contribution in [2.24, 2.45) is 0 Å². The molecule has 0 aliphatic heterocycles. The summed E-state index contributed by atoms with van der Waals surface area (Å²) in [5.74, 6) is -0.653. The maximum Gasteiger partial charge on any atom is 0.446 e. The lowest BCUT2D eigenvalue weighted by molar-refractivity contribution is -0.0328. The van der Waals surface area contributed by atoms with Crippen molar-refractivity contribution in [1.82, 2.24) is 0 Å². The van der Waals surface area contributed by atoms with E-state index in [1.165, 1.54) is 13.0 Å². The summed E-state index contributed by atoms with van der Waals surface area (Å²) in [4.78, 5) is 11.3. The molecule has 1 aromatic rings. The molecule has 0 spiro atoms. The molecule has 0 bridgehead atoms. The maximum absolute atomic E-state index is 12.3. The molecule has 0 aliphatic rings. The van der Waals surface area contributed by atoms with Crippen molar-refractivity contribution in [2.75, 3.05) is 6.61 Å². The third-order valence-corrected chi connectivity index (χ3v) is 3.05. The summed E-state index contributed by atoms with van der Waals surface area (Å²) in [5.41, 5.74) is -4.35. The Morgan fingerprint density at radius 1 is 1.47 bits per heavy atom. The average Bonchev–Trinajstić information content (AvgIpc) is 2.27. The van der Waals surface area contributed by atoms with E-state index in [4.69, 9.17) is 10.00 Å². The quantitative estimate of drug-likeness (QED) is 0.629. The van der Waals surface area contributed by atoms with Crippen LogP contribution in [-0.4, -0.2) is 18.1 Å². The first-order valence-electron chi connectivity index (χ1n) is 5.26. The molecule has 7 heteroatoms. The van der Waals surface area contributed by atoms with E-state index in [-0.39, 0.29) is 40.0 Å². The highest BCUT2D eigenvalue weighted by Gasteiger charge is 2.31. The van der Waals surface area contributed by atoms with E-state index in [2.05, 4.69) is 0 Å². The number of hydrogen-bond donors (Lipinski definition) is 0. The highest BCUT2D eigenvalue weighted by molar-refractivity contribution is 8.00. The molecule has 1 aromatic carbocycles. The molecule has 1 rings (SSSR count). The van der Waals surface area contributed by atoms with Gasteiger partial charge in [-0.3, -0.25) is 0 Å². The average molecular weight is 289 g/mol. The third-order valence-electron chi connectivity index (χ3n) is 2.26. The second kappa shape index (κ2) is 5.97. The second-order valence-corrected chi connectivity index (χ2v) is 4.60. The van der Waals surface area contributed by atoms with Crippen molar-refractivity contribution in [3.63, 3.8) is 0 Å². The van der Waals surface area contributed by atoms with E-state index < -0.39 is 11.5 Å². The molecule has 0 aromatic heterocycles. The molecule has 0 unspecified atom stereocenters. The summed E-state index contributed by atoms with van der Waals surface area (Å²) in [5, 5.41) is 8.95. The highest BCUT2D eigenvalue weighted by atomic mass is 32.2. The van der Waals surface area contributed by atoms with E-state index in [1.807, 2.05) is 0 Å². The summed E-state index contributed by atoms with van der Waals surface area (Å²) in [6.07, 6.45) is 0. The van der Waals surface area contributed by atoms with Gasteiger partial charge in [0, 0.05) is 4.90 Å². The Labute approximate surface area is 112 Å². The van der Waals surface area contributed by atoms with Crippen LogP contribution in [0.25, 0.3) is 0 Å². The third kappa shape index (κ3) is 3.89. The lowest BCUT2D eigenvalue weighted by Crippen LogP contribution is -2.09. The summed E-state index contributed by atoms with van der Waals surface area (Å²) < 4.78 is 41.8. The van der Waals surface area contributed by atoms with Gasteiger partial charge in [0.05, 0.1) is 17.7 Å². The molecule has 0 fully saturated rings. The molecule has 0 atom stereocenters. The van der Waals surface area contributed by atoms with Gasteiger partial charge in [-0.25, -0.2) is 4.79 Å². The molecule has 0 aliphatic carbocycles. The number of nitrogens with zero attached hydrogens (tertiary/aromatic N) is 1. The van der Waals surface area contributed by atoms with Gasteiger partial charge in [-0.2, -0.15) is 18.4 Å². The molecular formula is C12H10F3NO2S. The zero-order valence-electron chi connectivity index (χ0n) is 10.2. The molecule has 3 nitrogen and oxygen atoms in total. The Hall–Kier alpha value is -1.68. The monoisotopic (exact) mass is 289 g/mol. The van der Waals surface area contributed by atoms with Gasteiger partial charge in [0.1, 0.15) is 6.07 Å². The van der Waals surface area contributed by atoms with Crippen LogP contribution < -0.4 is 0 Å². The number of carbonyl (C=O) groups excluding carboxylic acids is 1. The number of thioether (sulfide) groups is 1. The smallest absolute Gasteiger partial charge is 0.446 e. The van der Waals surface area contributed by atoms with Crippen molar-refractivity contribution < 1.29 is 22.7 Å². The van der Waals surface area contributed by atoms with Crippen molar-refractivity contribution in [3.8, 4) is 6.07 Å². The molecule has 0 heterocycles. The van der Waals surface area contributed by atoms with Crippen LogP contribution in [0.3, 0.4) is 0 Å². The van der Waals surface area contributed by atoms with Crippen LogP contribution in [0.5, 0.6) is 0 Å². The Morgan fingerprint density at radius 3 is 2.58 bits per heavy atom. The fourth-order valence-electron chi connectivity index (χ4n) is 1.47. The number of rotatable bonds is 3. The van der Waals surface area contributed by atoms with Crippen LogP contribution >= 0.6 is 11.8 Å². The minimum Gasteiger partial charge on any atom is -0.462 e. The topological polar surface area (TPSA) is 50.1 Å². The van der Waals surface area contributed by atoms with E-state index in [0.29, 0.717) is 0 Å². The fourth-order valence-corrected chi connectivity index (χ4v) is 2.15. The predicted octanol–water partition coefficient (Wildman–Crippen LogP) is 3.66. The molecule has 0 radical (unpaired) electrons. The first-order chi connectivity index (χ1) is 8.80. The second-order valence-electron chi connectivity index (χ2n) is 3.49. The molecule has 0 amide bonds. The lowest BCUT2D eigenvalue weighted by atomic mass is 10.0. The van der Waals surface area contributed by atoms with Crippen LogP contribution in [0.1, 0.15) is 28.4 Å². The molecule has 0 saturated carbocycles. The van der Waals surface area contributed by atoms with Crippen LogP contribution in [0.2, 0.25) is 0 Å². The zero-order valence-corrected chi connectivity index (χ0v) is 11.0. The summed E-state index contributed by atoms with van der Waals surface area (Å²) in [7, 11) is 0. The lowest BCUT2D eigenvalue weighted by Gasteiger charge is -2.12. The number of ether oxygens (including phenoxy) is 1. The minimum atomic E-state index is -4.48. The summed E-state index contributed by atoms with van der Waals surface area (Å²) in [6.45, 7) is 3.19. The highest BCUT2D eigenvalue weighted by Crippen LogP contribution is 2.39. The number of nitriles is 1. The summed E-state index contributed by atoms with van der Waals surface area (Å²) in [6, 6.07) is 4.04. The van der Waals surface area contributed by atoms with Gasteiger partial charge in [-0.05, 0) is 43.3 Å². The van der Waals surface area contributed by atoms with Crippen molar-refractivity contribution in [2.45, 2.75) is 24.3 Å². The van der Waals surface area contributed by atoms with Gasteiger partial charge >= 0.3 is 11.5 Å². The Morgan fingerprint density at radius 2 is 2.11 bits per heavy atom. The van der Waals surface area contributed by atoms with E-state index in [1.54, 1.807) is 13.0 Å². The Balaban J connectivity index is 3.24.